The predicted molar refractivity (Wildman–Crippen MR) is 81.2 cm³/mol. The predicted octanol–water partition coefficient (Wildman–Crippen LogP) is 0.359. The molecule has 0 fully saturated rings. The lowest BCUT2D eigenvalue weighted by Gasteiger charge is -2.07. The highest BCUT2D eigenvalue weighted by atomic mass is 32.2. The molecule has 1 amide bonds. The molecule has 1 aromatic rings. The minimum absolute atomic E-state index is 0.0366. The third-order valence-corrected chi connectivity index (χ3v) is 4.28. The van der Waals surface area contributed by atoms with E-state index in [0.717, 1.165) is 24.3 Å². The molecular weight excluding hydrogens is 326 g/mol. The molecule has 0 spiro atoms. The SMILES string of the molecule is CC(=O)CCC(=O)NCCNS(=O)(=O)c1ccc([N+](=O)[O-])cc1. The van der Waals surface area contributed by atoms with Gasteiger partial charge in [-0.1, -0.05) is 0 Å². The Labute approximate surface area is 133 Å². The number of rotatable bonds is 9. The number of Topliss-reactive ketones (excluding diaryl/α,β-unsaturated/α-hetero) is 1. The largest absolute Gasteiger partial charge is 0.355 e. The van der Waals surface area contributed by atoms with Crippen molar-refractivity contribution in [3.8, 4) is 0 Å². The molecule has 0 bridgehead atoms. The first kappa shape index (κ1) is 18.7. The van der Waals surface area contributed by atoms with Gasteiger partial charge in [0.2, 0.25) is 15.9 Å². The third kappa shape index (κ3) is 6.53. The van der Waals surface area contributed by atoms with E-state index in [2.05, 4.69) is 10.0 Å². The molecule has 0 heterocycles. The fourth-order valence-electron chi connectivity index (χ4n) is 1.60. The van der Waals surface area contributed by atoms with Crippen LogP contribution in [0.5, 0.6) is 0 Å². The zero-order valence-electron chi connectivity index (χ0n) is 12.4. The quantitative estimate of drug-likeness (QED) is 0.377. The van der Waals surface area contributed by atoms with Gasteiger partial charge in [-0.3, -0.25) is 14.9 Å². The summed E-state index contributed by atoms with van der Waals surface area (Å²) < 4.78 is 26.1. The average molecular weight is 343 g/mol. The number of ketones is 1. The minimum Gasteiger partial charge on any atom is -0.355 e. The maximum absolute atomic E-state index is 11.9. The van der Waals surface area contributed by atoms with Crippen molar-refractivity contribution in [2.75, 3.05) is 13.1 Å². The van der Waals surface area contributed by atoms with Gasteiger partial charge in [-0.15, -0.1) is 0 Å². The van der Waals surface area contributed by atoms with Gasteiger partial charge >= 0.3 is 0 Å². The van der Waals surface area contributed by atoms with E-state index in [1.165, 1.54) is 6.92 Å². The van der Waals surface area contributed by atoms with Crippen LogP contribution in [0.4, 0.5) is 5.69 Å². The minimum atomic E-state index is -3.80. The fraction of sp³-hybridized carbons (Fsp3) is 0.385. The van der Waals surface area contributed by atoms with Gasteiger partial charge in [-0.05, 0) is 19.1 Å². The molecular formula is C13H17N3O6S. The van der Waals surface area contributed by atoms with E-state index in [1.807, 2.05) is 0 Å². The lowest BCUT2D eigenvalue weighted by atomic mass is 10.2. The van der Waals surface area contributed by atoms with Crippen molar-refractivity contribution in [2.24, 2.45) is 0 Å². The van der Waals surface area contributed by atoms with E-state index >= 15 is 0 Å². The van der Waals surface area contributed by atoms with Crippen LogP contribution in [0.1, 0.15) is 19.8 Å². The van der Waals surface area contributed by atoms with E-state index in [4.69, 9.17) is 0 Å². The molecule has 0 aliphatic carbocycles. The first-order valence-electron chi connectivity index (χ1n) is 6.72. The maximum atomic E-state index is 11.9. The Bertz CT molecular complexity index is 684. The normalized spacial score (nSPS) is 11.0. The number of hydrogen-bond acceptors (Lipinski definition) is 6. The van der Waals surface area contributed by atoms with Gasteiger partial charge in [0, 0.05) is 38.1 Å². The molecule has 9 nitrogen and oxygen atoms in total. The van der Waals surface area contributed by atoms with Crippen LogP contribution in [-0.2, 0) is 19.6 Å². The number of nitrogens with zero attached hydrogens (tertiary/aromatic N) is 1. The van der Waals surface area contributed by atoms with E-state index in [1.54, 1.807) is 0 Å². The summed E-state index contributed by atoms with van der Waals surface area (Å²) in [6, 6.07) is 4.45. The molecule has 126 valence electrons. The third-order valence-electron chi connectivity index (χ3n) is 2.80. The molecule has 0 aliphatic rings. The zero-order valence-corrected chi connectivity index (χ0v) is 13.3. The smallest absolute Gasteiger partial charge is 0.269 e. The Kier molecular flexibility index (Phi) is 6.79. The second-order valence-corrected chi connectivity index (χ2v) is 6.47. The first-order chi connectivity index (χ1) is 10.7. The standard InChI is InChI=1S/C13H17N3O6S/c1-10(17)2-7-13(18)14-8-9-15-23(21,22)12-5-3-11(4-6-12)16(19)20/h3-6,15H,2,7-9H2,1H3,(H,14,18). The average Bonchev–Trinajstić information content (AvgIpc) is 2.49. The molecule has 10 heteroatoms. The number of nitro benzene ring substituents is 1. The molecule has 0 radical (unpaired) electrons. The van der Waals surface area contributed by atoms with Crippen LogP contribution in [-0.4, -0.2) is 38.1 Å². The summed E-state index contributed by atoms with van der Waals surface area (Å²) in [5.41, 5.74) is -0.207. The highest BCUT2D eigenvalue weighted by Crippen LogP contribution is 2.15. The summed E-state index contributed by atoms with van der Waals surface area (Å²) in [5, 5.41) is 13.0. The number of hydrogen-bond donors (Lipinski definition) is 2. The second kappa shape index (κ2) is 8.34. The summed E-state index contributed by atoms with van der Waals surface area (Å²) >= 11 is 0. The van der Waals surface area contributed by atoms with Gasteiger partial charge in [-0.2, -0.15) is 0 Å². The fourth-order valence-corrected chi connectivity index (χ4v) is 2.63. The summed E-state index contributed by atoms with van der Waals surface area (Å²) in [4.78, 5) is 31.8. The van der Waals surface area contributed by atoms with Gasteiger partial charge in [0.15, 0.2) is 0 Å². The van der Waals surface area contributed by atoms with Crippen LogP contribution >= 0.6 is 0 Å². The van der Waals surface area contributed by atoms with Crippen LogP contribution in [0.25, 0.3) is 0 Å². The Morgan fingerprint density at radius 3 is 2.26 bits per heavy atom. The van der Waals surface area contributed by atoms with Crippen molar-refractivity contribution in [3.63, 3.8) is 0 Å². The highest BCUT2D eigenvalue weighted by molar-refractivity contribution is 7.89. The maximum Gasteiger partial charge on any atom is 0.269 e. The number of carbonyl (C=O) groups is 2. The molecule has 0 aliphatic heterocycles. The number of amides is 1. The van der Waals surface area contributed by atoms with Crippen molar-refractivity contribution in [1.29, 1.82) is 0 Å². The molecule has 0 aromatic heterocycles. The van der Waals surface area contributed by atoms with Gasteiger partial charge < -0.3 is 10.1 Å². The van der Waals surface area contributed by atoms with Crippen molar-refractivity contribution >= 4 is 27.4 Å². The molecule has 1 rings (SSSR count). The van der Waals surface area contributed by atoms with Gasteiger partial charge in [0.25, 0.3) is 5.69 Å². The van der Waals surface area contributed by atoms with Crippen molar-refractivity contribution in [3.05, 3.63) is 34.4 Å². The van der Waals surface area contributed by atoms with Crippen molar-refractivity contribution in [2.45, 2.75) is 24.7 Å². The van der Waals surface area contributed by atoms with Gasteiger partial charge in [0.1, 0.15) is 5.78 Å². The topological polar surface area (TPSA) is 135 Å². The molecule has 2 N–H and O–H groups in total. The lowest BCUT2D eigenvalue weighted by Crippen LogP contribution is -2.34. The number of nitro groups is 1. The Morgan fingerprint density at radius 1 is 1.13 bits per heavy atom. The number of carbonyl (C=O) groups excluding carboxylic acids is 2. The Hall–Kier alpha value is -2.33. The van der Waals surface area contributed by atoms with Gasteiger partial charge in [0.05, 0.1) is 9.82 Å². The number of benzene rings is 1. The van der Waals surface area contributed by atoms with Crippen LogP contribution in [0.15, 0.2) is 29.2 Å². The summed E-state index contributed by atoms with van der Waals surface area (Å²) in [5.74, 6) is -0.436. The molecule has 23 heavy (non-hydrogen) atoms. The van der Waals surface area contributed by atoms with Crippen molar-refractivity contribution < 1.29 is 22.9 Å². The summed E-state index contributed by atoms with van der Waals surface area (Å²) in [6.45, 7) is 1.42. The highest BCUT2D eigenvalue weighted by Gasteiger charge is 2.15. The molecule has 0 atom stereocenters. The Morgan fingerprint density at radius 2 is 1.74 bits per heavy atom. The first-order valence-corrected chi connectivity index (χ1v) is 8.21. The zero-order chi connectivity index (χ0) is 17.5. The number of non-ortho nitro benzene ring substituents is 1. The van der Waals surface area contributed by atoms with Crippen LogP contribution in [0, 0.1) is 10.1 Å². The number of nitrogens with one attached hydrogen (secondary N) is 2. The van der Waals surface area contributed by atoms with E-state index in [0.29, 0.717) is 0 Å². The number of sulfonamides is 1. The molecule has 1 aromatic carbocycles. The molecule has 0 unspecified atom stereocenters. The second-order valence-electron chi connectivity index (χ2n) is 4.70. The van der Waals surface area contributed by atoms with E-state index in [9.17, 15) is 28.1 Å². The van der Waals surface area contributed by atoms with Gasteiger partial charge in [-0.25, -0.2) is 13.1 Å². The lowest BCUT2D eigenvalue weighted by molar-refractivity contribution is -0.384. The van der Waals surface area contributed by atoms with E-state index in [-0.39, 0.29) is 48.2 Å². The monoisotopic (exact) mass is 343 g/mol. The summed E-state index contributed by atoms with van der Waals surface area (Å²) in [6.07, 6.45) is 0.199. The molecule has 0 saturated heterocycles. The van der Waals surface area contributed by atoms with Crippen LogP contribution < -0.4 is 10.0 Å². The van der Waals surface area contributed by atoms with Crippen LogP contribution in [0.3, 0.4) is 0 Å². The summed E-state index contributed by atoms with van der Waals surface area (Å²) in [7, 11) is -3.80. The Balaban J connectivity index is 2.45. The van der Waals surface area contributed by atoms with Crippen LogP contribution in [0.2, 0.25) is 0 Å². The van der Waals surface area contributed by atoms with Crippen molar-refractivity contribution in [1.82, 2.24) is 10.0 Å². The van der Waals surface area contributed by atoms with E-state index < -0.39 is 14.9 Å². The molecule has 0 saturated carbocycles.